The fourth-order valence-corrected chi connectivity index (χ4v) is 2.69. The number of nitrogens with two attached hydrogens (primary N) is 1. The van der Waals surface area contributed by atoms with E-state index < -0.39 is 23.6 Å². The quantitative estimate of drug-likeness (QED) is 0.582. The Balaban J connectivity index is 2.31. The van der Waals surface area contributed by atoms with Crippen LogP contribution >= 0.6 is 0 Å². The SMILES string of the molecule is CC(C)C1OC(=C2C(=O)NC(CC(N)=O)C2=O)C=CC1C. The van der Waals surface area contributed by atoms with Gasteiger partial charge < -0.3 is 15.8 Å². The summed E-state index contributed by atoms with van der Waals surface area (Å²) in [5.41, 5.74) is 5.06. The smallest absolute Gasteiger partial charge is 0.259 e. The van der Waals surface area contributed by atoms with E-state index in [0.717, 1.165) is 0 Å². The summed E-state index contributed by atoms with van der Waals surface area (Å²) < 4.78 is 5.83. The van der Waals surface area contributed by atoms with Crippen LogP contribution in [0.3, 0.4) is 0 Å². The van der Waals surface area contributed by atoms with Crippen molar-refractivity contribution in [3.05, 3.63) is 23.5 Å². The molecule has 2 aliphatic rings. The molecule has 2 heterocycles. The fraction of sp³-hybridized carbons (Fsp3) is 0.533. The summed E-state index contributed by atoms with van der Waals surface area (Å²) in [5, 5.41) is 2.48. The van der Waals surface area contributed by atoms with Crippen molar-refractivity contribution < 1.29 is 19.1 Å². The van der Waals surface area contributed by atoms with Crippen molar-refractivity contribution in [2.24, 2.45) is 17.6 Å². The minimum absolute atomic E-state index is 0.0185. The van der Waals surface area contributed by atoms with E-state index >= 15 is 0 Å². The summed E-state index contributed by atoms with van der Waals surface area (Å²) in [6.07, 6.45) is 3.30. The fourth-order valence-electron chi connectivity index (χ4n) is 2.69. The van der Waals surface area contributed by atoms with Crippen molar-refractivity contribution in [2.45, 2.75) is 39.3 Å². The molecule has 0 aliphatic carbocycles. The number of rotatable bonds is 3. The van der Waals surface area contributed by atoms with Gasteiger partial charge in [-0.2, -0.15) is 0 Å². The Labute approximate surface area is 123 Å². The lowest BCUT2D eigenvalue weighted by atomic mass is 9.91. The molecule has 0 saturated carbocycles. The molecule has 3 N–H and O–H groups in total. The van der Waals surface area contributed by atoms with Gasteiger partial charge in [0.2, 0.25) is 5.91 Å². The molecule has 21 heavy (non-hydrogen) atoms. The van der Waals surface area contributed by atoms with Crippen LogP contribution in [0.5, 0.6) is 0 Å². The standard InChI is InChI=1S/C15H20N2O4/c1-7(2)14-8(3)4-5-10(21-14)12-13(19)9(6-11(16)18)17-15(12)20/h4-5,7-9,14H,6H2,1-3H3,(H2,16,18)(H,17,20). The zero-order valence-corrected chi connectivity index (χ0v) is 12.4. The predicted molar refractivity (Wildman–Crippen MR) is 75.8 cm³/mol. The van der Waals surface area contributed by atoms with E-state index in [1.165, 1.54) is 0 Å². The molecule has 6 heteroatoms. The molecule has 1 fully saturated rings. The number of ether oxygens (including phenoxy) is 1. The van der Waals surface area contributed by atoms with E-state index in [1.807, 2.05) is 26.8 Å². The molecule has 0 aromatic rings. The van der Waals surface area contributed by atoms with Crippen LogP contribution in [-0.2, 0) is 19.1 Å². The molecular formula is C15H20N2O4. The Morgan fingerprint density at radius 3 is 2.67 bits per heavy atom. The van der Waals surface area contributed by atoms with Gasteiger partial charge >= 0.3 is 0 Å². The number of hydrogen-bond donors (Lipinski definition) is 2. The first-order valence-corrected chi connectivity index (χ1v) is 7.03. The van der Waals surface area contributed by atoms with Crippen molar-refractivity contribution in [1.29, 1.82) is 0 Å². The van der Waals surface area contributed by atoms with Gasteiger partial charge in [0.05, 0.1) is 6.42 Å². The van der Waals surface area contributed by atoms with Gasteiger partial charge in [-0.05, 0) is 12.0 Å². The number of carbonyl (C=O) groups excluding carboxylic acids is 3. The van der Waals surface area contributed by atoms with Crippen LogP contribution in [0.1, 0.15) is 27.2 Å². The number of nitrogens with one attached hydrogen (secondary N) is 1. The molecule has 2 amide bonds. The van der Waals surface area contributed by atoms with Gasteiger partial charge in [-0.1, -0.05) is 26.8 Å². The van der Waals surface area contributed by atoms with Crippen LogP contribution in [0.2, 0.25) is 0 Å². The Morgan fingerprint density at radius 2 is 2.10 bits per heavy atom. The summed E-state index contributed by atoms with van der Waals surface area (Å²) in [6.45, 7) is 6.07. The summed E-state index contributed by atoms with van der Waals surface area (Å²) >= 11 is 0. The molecule has 2 aliphatic heterocycles. The number of carbonyl (C=O) groups is 3. The summed E-state index contributed by atoms with van der Waals surface area (Å²) in [4.78, 5) is 35.2. The average molecular weight is 292 g/mol. The molecular weight excluding hydrogens is 272 g/mol. The third-order valence-corrected chi connectivity index (χ3v) is 3.74. The first-order valence-electron chi connectivity index (χ1n) is 7.03. The summed E-state index contributed by atoms with van der Waals surface area (Å²) in [6, 6.07) is -0.883. The Bertz CT molecular complexity index is 548. The lowest BCUT2D eigenvalue weighted by Gasteiger charge is -2.30. The van der Waals surface area contributed by atoms with Crippen molar-refractivity contribution in [2.75, 3.05) is 0 Å². The minimum atomic E-state index is -0.883. The second kappa shape index (κ2) is 5.71. The Hall–Kier alpha value is -2.11. The van der Waals surface area contributed by atoms with Crippen molar-refractivity contribution >= 4 is 17.6 Å². The minimum Gasteiger partial charge on any atom is -0.489 e. The number of ketones is 1. The normalized spacial score (nSPS) is 32.3. The number of amides is 2. The molecule has 6 nitrogen and oxygen atoms in total. The van der Waals surface area contributed by atoms with Gasteiger partial charge in [0.25, 0.3) is 5.91 Å². The van der Waals surface area contributed by atoms with Crippen LogP contribution < -0.4 is 11.1 Å². The lowest BCUT2D eigenvalue weighted by molar-refractivity contribution is -0.122. The highest BCUT2D eigenvalue weighted by Gasteiger charge is 2.40. The van der Waals surface area contributed by atoms with Crippen LogP contribution in [0, 0.1) is 11.8 Å². The predicted octanol–water partition coefficient (Wildman–Crippen LogP) is 0.430. The maximum Gasteiger partial charge on any atom is 0.259 e. The lowest BCUT2D eigenvalue weighted by Crippen LogP contribution is -2.33. The molecule has 2 rings (SSSR count). The van der Waals surface area contributed by atoms with Crippen LogP contribution in [0.4, 0.5) is 0 Å². The Kier molecular flexibility index (Phi) is 4.16. The zero-order valence-electron chi connectivity index (χ0n) is 12.4. The van der Waals surface area contributed by atoms with E-state index in [1.54, 1.807) is 6.08 Å². The highest BCUT2D eigenvalue weighted by molar-refractivity contribution is 6.27. The molecule has 3 atom stereocenters. The molecule has 1 saturated heterocycles. The van der Waals surface area contributed by atoms with Crippen molar-refractivity contribution in [1.82, 2.24) is 5.32 Å². The van der Waals surface area contributed by atoms with Gasteiger partial charge in [-0.3, -0.25) is 14.4 Å². The molecule has 0 aromatic heterocycles. The molecule has 0 bridgehead atoms. The van der Waals surface area contributed by atoms with Crippen LogP contribution in [-0.4, -0.2) is 29.7 Å². The van der Waals surface area contributed by atoms with Crippen LogP contribution in [0.25, 0.3) is 0 Å². The van der Waals surface area contributed by atoms with Gasteiger partial charge in [0, 0.05) is 5.92 Å². The number of allylic oxidation sites excluding steroid dienone is 1. The van der Waals surface area contributed by atoms with Gasteiger partial charge in [0.1, 0.15) is 23.5 Å². The first-order chi connectivity index (χ1) is 9.81. The molecule has 0 aromatic carbocycles. The first kappa shape index (κ1) is 15.3. The summed E-state index contributed by atoms with van der Waals surface area (Å²) in [7, 11) is 0. The van der Waals surface area contributed by atoms with Gasteiger partial charge in [-0.25, -0.2) is 0 Å². The van der Waals surface area contributed by atoms with E-state index in [0.29, 0.717) is 0 Å². The number of primary amides is 1. The molecule has 3 unspecified atom stereocenters. The van der Waals surface area contributed by atoms with Gasteiger partial charge in [0.15, 0.2) is 5.78 Å². The van der Waals surface area contributed by atoms with E-state index in [-0.39, 0.29) is 35.7 Å². The van der Waals surface area contributed by atoms with E-state index in [9.17, 15) is 14.4 Å². The van der Waals surface area contributed by atoms with E-state index in [4.69, 9.17) is 10.5 Å². The topological polar surface area (TPSA) is 98.5 Å². The third kappa shape index (κ3) is 2.99. The highest BCUT2D eigenvalue weighted by Crippen LogP contribution is 2.29. The van der Waals surface area contributed by atoms with Crippen molar-refractivity contribution in [3.8, 4) is 0 Å². The second-order valence-corrected chi connectivity index (χ2v) is 5.84. The van der Waals surface area contributed by atoms with Crippen molar-refractivity contribution in [3.63, 3.8) is 0 Å². The average Bonchev–Trinajstić information content (AvgIpc) is 2.64. The third-order valence-electron chi connectivity index (χ3n) is 3.74. The van der Waals surface area contributed by atoms with E-state index in [2.05, 4.69) is 5.32 Å². The maximum absolute atomic E-state index is 12.2. The van der Waals surface area contributed by atoms with Gasteiger partial charge in [-0.15, -0.1) is 0 Å². The number of Topliss-reactive ketones (excluding diaryl/α,β-unsaturated/α-hetero) is 1. The second-order valence-electron chi connectivity index (χ2n) is 5.84. The monoisotopic (exact) mass is 292 g/mol. The van der Waals surface area contributed by atoms with Crippen LogP contribution in [0.15, 0.2) is 23.5 Å². The maximum atomic E-state index is 12.2. The number of hydrogen-bond acceptors (Lipinski definition) is 4. The molecule has 114 valence electrons. The largest absolute Gasteiger partial charge is 0.489 e. The highest BCUT2D eigenvalue weighted by atomic mass is 16.5. The molecule has 0 radical (unpaired) electrons. The Morgan fingerprint density at radius 1 is 1.43 bits per heavy atom. The summed E-state index contributed by atoms with van der Waals surface area (Å²) in [5.74, 6) is -0.842. The zero-order chi connectivity index (χ0) is 15.7. The molecule has 0 spiro atoms.